The molecule has 0 fully saturated rings. The summed E-state index contributed by atoms with van der Waals surface area (Å²) in [6.45, 7) is 0.996. The number of hydrogen-bond donors (Lipinski definition) is 1. The molecule has 0 saturated heterocycles. The maximum atomic E-state index is 4.43. The van der Waals surface area contributed by atoms with Gasteiger partial charge in [-0.2, -0.15) is 5.10 Å². The van der Waals surface area contributed by atoms with E-state index in [1.807, 2.05) is 17.9 Å². The average Bonchev–Trinajstić information content (AvgIpc) is 2.76. The normalized spacial score (nSPS) is 18.6. The fraction of sp³-hybridized carbons (Fsp3) is 0.471. The van der Waals surface area contributed by atoms with Crippen molar-refractivity contribution in [3.63, 3.8) is 0 Å². The average molecular weight is 269 g/mol. The van der Waals surface area contributed by atoms with Gasteiger partial charge in [0.1, 0.15) is 0 Å². The second-order valence-electron chi connectivity index (χ2n) is 5.68. The van der Waals surface area contributed by atoms with E-state index in [9.17, 15) is 0 Å². The predicted molar refractivity (Wildman–Crippen MR) is 81.7 cm³/mol. The number of hydrogen-bond acceptors (Lipinski definition) is 2. The first kappa shape index (κ1) is 13.4. The standard InChI is InChI=1S/C17H23N3/c1-20-13-11-15(19-20)10-12-18-17-9-5-3-7-14-6-2-4-8-16(14)17/h2,4,6,8,11,13,17-18H,3,5,7,9-10,12H2,1H3. The van der Waals surface area contributed by atoms with E-state index >= 15 is 0 Å². The van der Waals surface area contributed by atoms with Gasteiger partial charge >= 0.3 is 0 Å². The van der Waals surface area contributed by atoms with Crippen LogP contribution in [0.4, 0.5) is 0 Å². The number of nitrogens with one attached hydrogen (secondary N) is 1. The molecule has 1 aliphatic rings. The summed E-state index contributed by atoms with van der Waals surface area (Å²) >= 11 is 0. The lowest BCUT2D eigenvalue weighted by molar-refractivity contribution is 0.491. The van der Waals surface area contributed by atoms with E-state index < -0.39 is 0 Å². The summed E-state index contributed by atoms with van der Waals surface area (Å²) in [5, 5.41) is 8.16. The molecule has 1 aromatic heterocycles. The Bertz CT molecular complexity index is 559. The van der Waals surface area contributed by atoms with E-state index in [1.54, 1.807) is 0 Å². The molecule has 0 radical (unpaired) electrons. The number of aromatic nitrogens is 2. The van der Waals surface area contributed by atoms with Crippen LogP contribution in [0.1, 0.15) is 42.1 Å². The minimum atomic E-state index is 0.511. The van der Waals surface area contributed by atoms with Crippen molar-refractivity contribution in [1.29, 1.82) is 0 Å². The van der Waals surface area contributed by atoms with E-state index in [0.717, 1.165) is 13.0 Å². The summed E-state index contributed by atoms with van der Waals surface area (Å²) in [6, 6.07) is 11.5. The second-order valence-corrected chi connectivity index (χ2v) is 5.68. The quantitative estimate of drug-likeness (QED) is 0.865. The van der Waals surface area contributed by atoms with Crippen LogP contribution in [-0.4, -0.2) is 16.3 Å². The Morgan fingerprint density at radius 1 is 1.25 bits per heavy atom. The third-order valence-electron chi connectivity index (χ3n) is 4.16. The van der Waals surface area contributed by atoms with Gasteiger partial charge in [0.25, 0.3) is 0 Å². The first-order chi connectivity index (χ1) is 9.83. The molecule has 0 spiro atoms. The van der Waals surface area contributed by atoms with Gasteiger partial charge in [-0.3, -0.25) is 4.68 Å². The monoisotopic (exact) mass is 269 g/mol. The minimum Gasteiger partial charge on any atom is -0.310 e. The highest BCUT2D eigenvalue weighted by molar-refractivity contribution is 5.31. The van der Waals surface area contributed by atoms with Gasteiger partial charge < -0.3 is 5.32 Å². The van der Waals surface area contributed by atoms with Crippen molar-refractivity contribution in [3.05, 3.63) is 53.3 Å². The van der Waals surface area contributed by atoms with Crippen molar-refractivity contribution in [2.75, 3.05) is 6.54 Å². The highest BCUT2D eigenvalue weighted by Crippen LogP contribution is 2.28. The Labute approximate surface area is 121 Å². The molecule has 0 bridgehead atoms. The lowest BCUT2D eigenvalue weighted by atomic mass is 9.99. The molecule has 3 heteroatoms. The molecular formula is C17H23N3. The van der Waals surface area contributed by atoms with Crippen LogP contribution in [-0.2, 0) is 19.9 Å². The van der Waals surface area contributed by atoms with Crippen molar-refractivity contribution in [1.82, 2.24) is 15.1 Å². The zero-order valence-electron chi connectivity index (χ0n) is 12.2. The molecule has 20 heavy (non-hydrogen) atoms. The molecule has 1 aliphatic carbocycles. The third kappa shape index (κ3) is 3.10. The molecule has 1 unspecified atom stereocenters. The lowest BCUT2D eigenvalue weighted by Gasteiger charge is -2.19. The summed E-state index contributed by atoms with van der Waals surface area (Å²) in [5.74, 6) is 0. The Morgan fingerprint density at radius 2 is 2.15 bits per heavy atom. The van der Waals surface area contributed by atoms with Crippen LogP contribution in [0.25, 0.3) is 0 Å². The molecule has 0 saturated carbocycles. The largest absolute Gasteiger partial charge is 0.310 e. The summed E-state index contributed by atoms with van der Waals surface area (Å²) in [7, 11) is 1.97. The summed E-state index contributed by atoms with van der Waals surface area (Å²) in [4.78, 5) is 0. The highest BCUT2D eigenvalue weighted by atomic mass is 15.2. The molecule has 0 aliphatic heterocycles. The van der Waals surface area contributed by atoms with Gasteiger partial charge in [0.15, 0.2) is 0 Å². The van der Waals surface area contributed by atoms with Crippen LogP contribution in [0.2, 0.25) is 0 Å². The molecule has 1 atom stereocenters. The first-order valence-electron chi connectivity index (χ1n) is 7.62. The molecule has 106 valence electrons. The molecule has 0 amide bonds. The molecular weight excluding hydrogens is 246 g/mol. The number of rotatable bonds is 4. The zero-order chi connectivity index (χ0) is 13.8. The van der Waals surface area contributed by atoms with Gasteiger partial charge in [-0.25, -0.2) is 0 Å². The van der Waals surface area contributed by atoms with E-state index in [-0.39, 0.29) is 0 Å². The molecule has 1 heterocycles. The summed E-state index contributed by atoms with van der Waals surface area (Å²) < 4.78 is 1.87. The predicted octanol–water partition coefficient (Wildman–Crippen LogP) is 3.02. The van der Waals surface area contributed by atoms with Crippen LogP contribution in [0, 0.1) is 0 Å². The number of aryl methyl sites for hydroxylation is 2. The first-order valence-corrected chi connectivity index (χ1v) is 7.62. The molecule has 3 rings (SSSR count). The van der Waals surface area contributed by atoms with Crippen LogP contribution in [0.5, 0.6) is 0 Å². The smallest absolute Gasteiger partial charge is 0.0637 e. The van der Waals surface area contributed by atoms with E-state index in [1.165, 1.54) is 42.5 Å². The van der Waals surface area contributed by atoms with Crippen LogP contribution in [0.3, 0.4) is 0 Å². The minimum absolute atomic E-state index is 0.511. The van der Waals surface area contributed by atoms with E-state index in [0.29, 0.717) is 6.04 Å². The maximum absolute atomic E-state index is 4.43. The van der Waals surface area contributed by atoms with Crippen LogP contribution >= 0.6 is 0 Å². The Hall–Kier alpha value is -1.61. The van der Waals surface area contributed by atoms with Gasteiger partial charge in [-0.15, -0.1) is 0 Å². The van der Waals surface area contributed by atoms with Crippen LogP contribution < -0.4 is 5.32 Å². The van der Waals surface area contributed by atoms with Crippen molar-refractivity contribution in [2.45, 2.75) is 38.1 Å². The fourth-order valence-corrected chi connectivity index (χ4v) is 3.10. The Balaban J connectivity index is 1.62. The molecule has 1 aromatic carbocycles. The number of benzene rings is 1. The maximum Gasteiger partial charge on any atom is 0.0637 e. The molecule has 3 nitrogen and oxygen atoms in total. The van der Waals surface area contributed by atoms with E-state index in [2.05, 4.69) is 40.7 Å². The third-order valence-corrected chi connectivity index (χ3v) is 4.16. The summed E-state index contributed by atoms with van der Waals surface area (Å²) in [5.41, 5.74) is 4.20. The van der Waals surface area contributed by atoms with Gasteiger partial charge in [0.05, 0.1) is 5.69 Å². The number of fused-ring (bicyclic) bond motifs is 1. The summed E-state index contributed by atoms with van der Waals surface area (Å²) in [6.07, 6.45) is 8.12. The van der Waals surface area contributed by atoms with Gasteiger partial charge in [0.2, 0.25) is 0 Å². The van der Waals surface area contributed by atoms with Gasteiger partial charge in [0, 0.05) is 32.3 Å². The van der Waals surface area contributed by atoms with E-state index in [4.69, 9.17) is 0 Å². The topological polar surface area (TPSA) is 29.9 Å². The lowest BCUT2D eigenvalue weighted by Crippen LogP contribution is -2.24. The van der Waals surface area contributed by atoms with Gasteiger partial charge in [-0.05, 0) is 36.5 Å². The highest BCUT2D eigenvalue weighted by Gasteiger charge is 2.17. The van der Waals surface area contributed by atoms with Crippen LogP contribution in [0.15, 0.2) is 36.5 Å². The Kier molecular flexibility index (Phi) is 4.16. The zero-order valence-corrected chi connectivity index (χ0v) is 12.2. The van der Waals surface area contributed by atoms with Gasteiger partial charge in [-0.1, -0.05) is 30.7 Å². The van der Waals surface area contributed by atoms with Crippen molar-refractivity contribution < 1.29 is 0 Å². The molecule has 1 N–H and O–H groups in total. The fourth-order valence-electron chi connectivity index (χ4n) is 3.10. The molecule has 2 aromatic rings. The van der Waals surface area contributed by atoms with Crippen molar-refractivity contribution in [3.8, 4) is 0 Å². The van der Waals surface area contributed by atoms with Crippen molar-refractivity contribution >= 4 is 0 Å². The SMILES string of the molecule is Cn1ccc(CCNC2CCCCc3ccccc32)n1. The second kappa shape index (κ2) is 6.23. The number of nitrogens with zero attached hydrogens (tertiary/aromatic N) is 2. The van der Waals surface area contributed by atoms with Crippen molar-refractivity contribution in [2.24, 2.45) is 7.05 Å². The Morgan fingerprint density at radius 3 is 3.00 bits per heavy atom.